The van der Waals surface area contributed by atoms with Gasteiger partial charge in [0, 0.05) is 25.6 Å². The number of rotatable bonds is 7. The summed E-state index contributed by atoms with van der Waals surface area (Å²) in [6, 6.07) is 19.3. The van der Waals surface area contributed by atoms with Gasteiger partial charge in [0.1, 0.15) is 10.4 Å². The smallest absolute Gasteiger partial charge is 0.277 e. The van der Waals surface area contributed by atoms with Gasteiger partial charge in [-0.2, -0.15) is 0 Å². The maximum absolute atomic E-state index is 13.3. The molecule has 1 saturated heterocycles. The first-order valence-electron chi connectivity index (χ1n) is 11.9. The monoisotopic (exact) mass is 488 g/mol. The molecule has 0 atom stereocenters. The third-order valence-electron chi connectivity index (χ3n) is 6.30. The van der Waals surface area contributed by atoms with Crippen molar-refractivity contribution in [1.82, 2.24) is 14.9 Å². The minimum absolute atomic E-state index is 0.0552. The van der Waals surface area contributed by atoms with Crippen LogP contribution in [0.3, 0.4) is 0 Å². The SMILES string of the molecule is CCOc1cccc(CNC(=O)C2CCN(c3nc4ccsc4c(=O)n3-c3ccccc3)CC2)c1. The molecule has 180 valence electrons. The fourth-order valence-electron chi connectivity index (χ4n) is 4.51. The maximum atomic E-state index is 13.3. The Labute approximate surface area is 208 Å². The predicted molar refractivity (Wildman–Crippen MR) is 140 cm³/mol. The number of nitrogens with one attached hydrogen (secondary N) is 1. The molecule has 2 aromatic heterocycles. The number of piperidine rings is 1. The van der Waals surface area contributed by atoms with Gasteiger partial charge in [-0.25, -0.2) is 9.55 Å². The Bertz CT molecular complexity index is 1370. The third-order valence-corrected chi connectivity index (χ3v) is 7.19. The maximum Gasteiger partial charge on any atom is 0.277 e. The molecule has 0 radical (unpaired) electrons. The van der Waals surface area contributed by atoms with Crippen LogP contribution in [0.1, 0.15) is 25.3 Å². The summed E-state index contributed by atoms with van der Waals surface area (Å²) in [5.41, 5.74) is 2.48. The Hall–Kier alpha value is -3.65. The lowest BCUT2D eigenvalue weighted by molar-refractivity contribution is -0.125. The topological polar surface area (TPSA) is 76.5 Å². The lowest BCUT2D eigenvalue weighted by Gasteiger charge is -2.33. The molecular formula is C27H28N4O3S. The minimum atomic E-state index is -0.0666. The van der Waals surface area contributed by atoms with Crippen LogP contribution in [0.25, 0.3) is 15.9 Å². The second-order valence-corrected chi connectivity index (χ2v) is 9.50. The zero-order valence-corrected chi connectivity index (χ0v) is 20.5. The van der Waals surface area contributed by atoms with E-state index in [4.69, 9.17) is 9.72 Å². The molecule has 7 nitrogen and oxygen atoms in total. The number of para-hydroxylation sites is 1. The number of carbonyl (C=O) groups excluding carboxylic acids is 1. The van der Waals surface area contributed by atoms with Crippen LogP contribution >= 0.6 is 11.3 Å². The largest absolute Gasteiger partial charge is 0.494 e. The van der Waals surface area contributed by atoms with Crippen molar-refractivity contribution in [2.45, 2.75) is 26.3 Å². The highest BCUT2D eigenvalue weighted by molar-refractivity contribution is 7.17. The van der Waals surface area contributed by atoms with E-state index in [1.54, 1.807) is 4.57 Å². The summed E-state index contributed by atoms with van der Waals surface area (Å²) in [5.74, 6) is 1.45. The van der Waals surface area contributed by atoms with Crippen molar-refractivity contribution in [2.24, 2.45) is 5.92 Å². The highest BCUT2D eigenvalue weighted by atomic mass is 32.1. The van der Waals surface area contributed by atoms with E-state index in [9.17, 15) is 9.59 Å². The zero-order valence-electron chi connectivity index (χ0n) is 19.6. The van der Waals surface area contributed by atoms with E-state index >= 15 is 0 Å². The summed E-state index contributed by atoms with van der Waals surface area (Å²) >= 11 is 1.41. The Morgan fingerprint density at radius 1 is 1.11 bits per heavy atom. The second kappa shape index (κ2) is 10.3. The molecule has 1 N–H and O–H groups in total. The van der Waals surface area contributed by atoms with Gasteiger partial charge in [-0.3, -0.25) is 9.59 Å². The first kappa shape index (κ1) is 23.1. The summed E-state index contributed by atoms with van der Waals surface area (Å²) in [6.07, 6.45) is 1.41. The summed E-state index contributed by atoms with van der Waals surface area (Å²) < 4.78 is 7.90. The van der Waals surface area contributed by atoms with E-state index in [0.717, 1.165) is 22.5 Å². The van der Waals surface area contributed by atoms with Crippen molar-refractivity contribution in [2.75, 3.05) is 24.6 Å². The minimum Gasteiger partial charge on any atom is -0.494 e. The molecule has 1 amide bonds. The van der Waals surface area contributed by atoms with Gasteiger partial charge in [-0.15, -0.1) is 11.3 Å². The van der Waals surface area contributed by atoms with Gasteiger partial charge in [0.05, 0.1) is 17.8 Å². The average Bonchev–Trinajstić information content (AvgIpc) is 3.38. The van der Waals surface area contributed by atoms with Crippen molar-refractivity contribution in [1.29, 1.82) is 0 Å². The number of nitrogens with zero attached hydrogens (tertiary/aromatic N) is 3. The molecule has 3 heterocycles. The molecule has 0 saturated carbocycles. The molecule has 0 aliphatic carbocycles. The van der Waals surface area contributed by atoms with E-state index in [2.05, 4.69) is 10.2 Å². The fourth-order valence-corrected chi connectivity index (χ4v) is 5.27. The summed E-state index contributed by atoms with van der Waals surface area (Å²) in [5, 5.41) is 4.98. The third kappa shape index (κ3) is 4.93. The van der Waals surface area contributed by atoms with Gasteiger partial charge in [-0.1, -0.05) is 30.3 Å². The number of carbonyl (C=O) groups is 1. The number of anilines is 1. The number of hydrogen-bond donors (Lipinski definition) is 1. The van der Waals surface area contributed by atoms with Gasteiger partial charge < -0.3 is 15.0 Å². The van der Waals surface area contributed by atoms with E-state index in [-0.39, 0.29) is 17.4 Å². The van der Waals surface area contributed by atoms with Gasteiger partial charge in [-0.05, 0) is 61.0 Å². The molecule has 0 bridgehead atoms. The molecule has 8 heteroatoms. The lowest BCUT2D eigenvalue weighted by atomic mass is 9.96. The molecule has 1 aliphatic heterocycles. The molecule has 4 aromatic rings. The number of aromatic nitrogens is 2. The molecule has 2 aromatic carbocycles. The number of thiophene rings is 1. The first-order chi connectivity index (χ1) is 17.1. The number of benzene rings is 2. The lowest BCUT2D eigenvalue weighted by Crippen LogP contribution is -2.42. The summed E-state index contributed by atoms with van der Waals surface area (Å²) in [7, 11) is 0. The van der Waals surface area contributed by atoms with Crippen LogP contribution in [0.5, 0.6) is 5.75 Å². The molecule has 1 aliphatic rings. The molecule has 1 fully saturated rings. The van der Waals surface area contributed by atoms with Gasteiger partial charge in [0.2, 0.25) is 11.9 Å². The van der Waals surface area contributed by atoms with Crippen molar-refractivity contribution in [3.05, 3.63) is 82.0 Å². The number of fused-ring (bicyclic) bond motifs is 1. The summed E-state index contributed by atoms with van der Waals surface area (Å²) in [4.78, 5) is 33.2. The van der Waals surface area contributed by atoms with Crippen LogP contribution in [-0.2, 0) is 11.3 Å². The number of hydrogen-bond acceptors (Lipinski definition) is 6. The van der Waals surface area contributed by atoms with Crippen LogP contribution in [0, 0.1) is 5.92 Å². The zero-order chi connectivity index (χ0) is 24.2. The van der Waals surface area contributed by atoms with Crippen molar-refractivity contribution in [3.8, 4) is 11.4 Å². The van der Waals surface area contributed by atoms with E-state index in [1.165, 1.54) is 11.3 Å². The van der Waals surface area contributed by atoms with Crippen LogP contribution in [0.2, 0.25) is 0 Å². The molecule has 0 spiro atoms. The molecule has 5 rings (SSSR count). The van der Waals surface area contributed by atoms with Gasteiger partial charge in [0.25, 0.3) is 5.56 Å². The molecule has 35 heavy (non-hydrogen) atoms. The van der Waals surface area contributed by atoms with E-state index in [1.807, 2.05) is 73.0 Å². The highest BCUT2D eigenvalue weighted by Gasteiger charge is 2.28. The quantitative estimate of drug-likeness (QED) is 0.418. The van der Waals surface area contributed by atoms with Crippen LogP contribution in [0.4, 0.5) is 5.95 Å². The highest BCUT2D eigenvalue weighted by Crippen LogP contribution is 2.26. The Morgan fingerprint density at radius 3 is 2.69 bits per heavy atom. The van der Waals surface area contributed by atoms with E-state index in [0.29, 0.717) is 49.7 Å². The standard InChI is InChI=1S/C27H28N4O3S/c1-2-34-22-10-6-7-19(17-22)18-28-25(32)20-11-14-30(15-12-20)27-29-23-13-16-35-24(23)26(33)31(27)21-8-4-3-5-9-21/h3-10,13,16-17,20H,2,11-12,14-15,18H2,1H3,(H,28,32). The number of ether oxygens (including phenoxy) is 1. The van der Waals surface area contributed by atoms with Crippen LogP contribution < -0.4 is 20.5 Å². The van der Waals surface area contributed by atoms with Crippen molar-refractivity contribution < 1.29 is 9.53 Å². The first-order valence-corrected chi connectivity index (χ1v) is 12.8. The molecule has 0 unspecified atom stereocenters. The second-order valence-electron chi connectivity index (χ2n) is 8.58. The Morgan fingerprint density at radius 2 is 1.91 bits per heavy atom. The Kier molecular flexibility index (Phi) is 6.81. The van der Waals surface area contributed by atoms with Crippen molar-refractivity contribution >= 4 is 33.4 Å². The van der Waals surface area contributed by atoms with Crippen LogP contribution in [0.15, 0.2) is 70.8 Å². The normalized spacial score (nSPS) is 14.3. The van der Waals surface area contributed by atoms with E-state index < -0.39 is 0 Å². The van der Waals surface area contributed by atoms with Gasteiger partial charge >= 0.3 is 0 Å². The average molecular weight is 489 g/mol. The van der Waals surface area contributed by atoms with Crippen molar-refractivity contribution in [3.63, 3.8) is 0 Å². The van der Waals surface area contributed by atoms with Crippen LogP contribution in [-0.4, -0.2) is 35.2 Å². The fraction of sp³-hybridized carbons (Fsp3) is 0.296. The Balaban J connectivity index is 1.29. The van der Waals surface area contributed by atoms with Gasteiger partial charge in [0.15, 0.2) is 0 Å². The molecular weight excluding hydrogens is 460 g/mol. The summed E-state index contributed by atoms with van der Waals surface area (Å²) in [6.45, 7) is 4.36. The predicted octanol–water partition coefficient (Wildman–Crippen LogP) is 4.38. The number of amides is 1.